The minimum Gasteiger partial charge on any atom is -0.497 e. The van der Waals surface area contributed by atoms with Crippen molar-refractivity contribution >= 4 is 5.91 Å². The second kappa shape index (κ2) is 8.85. The third kappa shape index (κ3) is 5.07. The van der Waals surface area contributed by atoms with Crippen molar-refractivity contribution in [3.8, 4) is 11.5 Å². The van der Waals surface area contributed by atoms with Crippen LogP contribution in [0.15, 0.2) is 72.8 Å². The van der Waals surface area contributed by atoms with Crippen molar-refractivity contribution in [2.45, 2.75) is 13.2 Å². The molecule has 138 valence electrons. The Morgan fingerprint density at radius 2 is 1.74 bits per heavy atom. The zero-order chi connectivity index (χ0) is 19.1. The second-order valence-corrected chi connectivity index (χ2v) is 5.95. The van der Waals surface area contributed by atoms with E-state index in [1.807, 2.05) is 24.3 Å². The van der Waals surface area contributed by atoms with Crippen LogP contribution in [0, 0.1) is 5.82 Å². The van der Waals surface area contributed by atoms with Gasteiger partial charge in [-0.25, -0.2) is 4.39 Å². The molecule has 0 unspecified atom stereocenters. The first-order chi connectivity index (χ1) is 13.2. The fourth-order valence-electron chi connectivity index (χ4n) is 2.58. The van der Waals surface area contributed by atoms with E-state index in [0.29, 0.717) is 17.9 Å². The smallest absolute Gasteiger partial charge is 0.255 e. The third-order valence-corrected chi connectivity index (χ3v) is 4.03. The summed E-state index contributed by atoms with van der Waals surface area (Å²) in [7, 11) is 1.60. The molecular weight excluding hydrogens is 345 g/mol. The second-order valence-electron chi connectivity index (χ2n) is 5.95. The van der Waals surface area contributed by atoms with Crippen LogP contribution in [0.3, 0.4) is 0 Å². The van der Waals surface area contributed by atoms with Gasteiger partial charge in [-0.2, -0.15) is 0 Å². The summed E-state index contributed by atoms with van der Waals surface area (Å²) in [4.78, 5) is 12.6. The molecule has 3 aromatic carbocycles. The van der Waals surface area contributed by atoms with E-state index < -0.39 is 0 Å². The number of hydrogen-bond donors (Lipinski definition) is 1. The van der Waals surface area contributed by atoms with Crippen LogP contribution in [0.25, 0.3) is 0 Å². The SMILES string of the molecule is COc1cccc(CNC(=O)c2ccccc2OCc2ccc(F)cc2)c1. The average Bonchev–Trinajstić information content (AvgIpc) is 2.72. The van der Waals surface area contributed by atoms with Crippen molar-refractivity contribution < 1.29 is 18.7 Å². The number of methoxy groups -OCH3 is 1. The lowest BCUT2D eigenvalue weighted by Gasteiger charge is -2.12. The average molecular weight is 365 g/mol. The van der Waals surface area contributed by atoms with Gasteiger partial charge in [0.15, 0.2) is 0 Å². The monoisotopic (exact) mass is 365 g/mol. The molecule has 1 N–H and O–H groups in total. The lowest BCUT2D eigenvalue weighted by molar-refractivity contribution is 0.0946. The predicted molar refractivity (Wildman–Crippen MR) is 101 cm³/mol. The summed E-state index contributed by atoms with van der Waals surface area (Å²) in [6.07, 6.45) is 0. The first-order valence-corrected chi connectivity index (χ1v) is 8.53. The van der Waals surface area contributed by atoms with Gasteiger partial charge in [-0.15, -0.1) is 0 Å². The minimum atomic E-state index is -0.295. The molecule has 0 saturated heterocycles. The van der Waals surface area contributed by atoms with Gasteiger partial charge in [0, 0.05) is 6.54 Å². The summed E-state index contributed by atoms with van der Waals surface area (Å²) < 4.78 is 24.0. The summed E-state index contributed by atoms with van der Waals surface area (Å²) in [5, 5.41) is 2.89. The molecule has 4 nitrogen and oxygen atoms in total. The van der Waals surface area contributed by atoms with Gasteiger partial charge in [-0.3, -0.25) is 4.79 Å². The van der Waals surface area contributed by atoms with Gasteiger partial charge in [0.1, 0.15) is 23.9 Å². The maximum atomic E-state index is 13.0. The van der Waals surface area contributed by atoms with E-state index in [1.54, 1.807) is 43.5 Å². The maximum absolute atomic E-state index is 13.0. The van der Waals surface area contributed by atoms with Crippen molar-refractivity contribution in [2.75, 3.05) is 7.11 Å². The zero-order valence-corrected chi connectivity index (χ0v) is 14.9. The Morgan fingerprint density at radius 3 is 2.52 bits per heavy atom. The molecule has 0 atom stereocenters. The van der Waals surface area contributed by atoms with Crippen LogP contribution in [-0.2, 0) is 13.2 Å². The number of benzene rings is 3. The predicted octanol–water partition coefficient (Wildman–Crippen LogP) is 4.34. The molecule has 5 heteroatoms. The molecule has 0 radical (unpaired) electrons. The van der Waals surface area contributed by atoms with Crippen LogP contribution in [0.2, 0.25) is 0 Å². The highest BCUT2D eigenvalue weighted by atomic mass is 19.1. The van der Waals surface area contributed by atoms with Crippen LogP contribution in [-0.4, -0.2) is 13.0 Å². The molecule has 3 aromatic rings. The van der Waals surface area contributed by atoms with Crippen LogP contribution in [0.1, 0.15) is 21.5 Å². The Bertz CT molecular complexity index is 909. The number of amides is 1. The molecule has 1 amide bonds. The van der Waals surface area contributed by atoms with E-state index in [9.17, 15) is 9.18 Å². The third-order valence-electron chi connectivity index (χ3n) is 4.03. The Balaban J connectivity index is 1.65. The van der Waals surface area contributed by atoms with E-state index in [0.717, 1.165) is 16.9 Å². The van der Waals surface area contributed by atoms with Gasteiger partial charge in [0.25, 0.3) is 5.91 Å². The van der Waals surface area contributed by atoms with Crippen LogP contribution in [0.4, 0.5) is 4.39 Å². The molecule has 0 aliphatic rings. The Kier molecular flexibility index (Phi) is 6.05. The number of para-hydroxylation sites is 1. The number of ether oxygens (including phenoxy) is 2. The number of halogens is 1. The highest BCUT2D eigenvalue weighted by molar-refractivity contribution is 5.96. The topological polar surface area (TPSA) is 47.6 Å². The number of rotatable bonds is 7. The highest BCUT2D eigenvalue weighted by Crippen LogP contribution is 2.20. The first-order valence-electron chi connectivity index (χ1n) is 8.53. The van der Waals surface area contributed by atoms with Gasteiger partial charge in [0.2, 0.25) is 0 Å². The van der Waals surface area contributed by atoms with E-state index in [1.165, 1.54) is 12.1 Å². The molecule has 0 bridgehead atoms. The van der Waals surface area contributed by atoms with E-state index in [2.05, 4.69) is 5.32 Å². The van der Waals surface area contributed by atoms with E-state index in [4.69, 9.17) is 9.47 Å². The highest BCUT2D eigenvalue weighted by Gasteiger charge is 2.12. The minimum absolute atomic E-state index is 0.229. The summed E-state index contributed by atoms with van der Waals surface area (Å²) in [6.45, 7) is 0.628. The van der Waals surface area contributed by atoms with Crippen LogP contribution in [0.5, 0.6) is 11.5 Å². The number of hydrogen-bond acceptors (Lipinski definition) is 3. The molecule has 0 aliphatic heterocycles. The van der Waals surface area contributed by atoms with Crippen molar-refractivity contribution in [1.82, 2.24) is 5.32 Å². The molecule has 0 aromatic heterocycles. The van der Waals surface area contributed by atoms with Gasteiger partial charge >= 0.3 is 0 Å². The molecular formula is C22H20FNO3. The van der Waals surface area contributed by atoms with Crippen molar-refractivity contribution in [1.29, 1.82) is 0 Å². The molecule has 0 saturated carbocycles. The zero-order valence-electron chi connectivity index (χ0n) is 14.9. The normalized spacial score (nSPS) is 10.3. The molecule has 0 aliphatic carbocycles. The van der Waals surface area contributed by atoms with E-state index in [-0.39, 0.29) is 18.3 Å². The van der Waals surface area contributed by atoms with E-state index >= 15 is 0 Å². The van der Waals surface area contributed by atoms with Crippen molar-refractivity contribution in [3.05, 3.63) is 95.3 Å². The van der Waals surface area contributed by atoms with Crippen molar-refractivity contribution in [3.63, 3.8) is 0 Å². The molecule has 0 fully saturated rings. The summed E-state index contributed by atoms with van der Waals surface area (Å²) >= 11 is 0. The quantitative estimate of drug-likeness (QED) is 0.677. The Hall–Kier alpha value is -3.34. The molecule has 0 spiro atoms. The summed E-state index contributed by atoms with van der Waals surface area (Å²) in [5.74, 6) is 0.693. The Morgan fingerprint density at radius 1 is 0.963 bits per heavy atom. The molecule has 27 heavy (non-hydrogen) atoms. The fourth-order valence-corrected chi connectivity index (χ4v) is 2.58. The lowest BCUT2D eigenvalue weighted by Crippen LogP contribution is -2.23. The Labute approximate surface area is 157 Å². The standard InChI is InChI=1S/C22H20FNO3/c1-26-19-6-4-5-17(13-19)14-24-22(25)20-7-2-3-8-21(20)27-15-16-9-11-18(23)12-10-16/h2-13H,14-15H2,1H3,(H,24,25). The summed E-state index contributed by atoms with van der Waals surface area (Å²) in [5.41, 5.74) is 2.21. The van der Waals surface area contributed by atoms with Gasteiger partial charge in [0.05, 0.1) is 12.7 Å². The van der Waals surface area contributed by atoms with Gasteiger partial charge in [-0.1, -0.05) is 36.4 Å². The maximum Gasteiger partial charge on any atom is 0.255 e. The van der Waals surface area contributed by atoms with Crippen LogP contribution >= 0.6 is 0 Å². The fraction of sp³-hybridized carbons (Fsp3) is 0.136. The first kappa shape index (κ1) is 18.5. The molecule has 0 heterocycles. The van der Waals surface area contributed by atoms with Gasteiger partial charge in [-0.05, 0) is 47.5 Å². The number of nitrogens with one attached hydrogen (secondary N) is 1. The molecule has 3 rings (SSSR count). The lowest BCUT2D eigenvalue weighted by atomic mass is 10.1. The number of carbonyl (C=O) groups excluding carboxylic acids is 1. The van der Waals surface area contributed by atoms with Crippen molar-refractivity contribution in [2.24, 2.45) is 0 Å². The summed E-state index contributed by atoms with van der Waals surface area (Å²) in [6, 6.07) is 20.6. The van der Waals surface area contributed by atoms with Crippen LogP contribution < -0.4 is 14.8 Å². The number of carbonyl (C=O) groups is 1. The van der Waals surface area contributed by atoms with Gasteiger partial charge < -0.3 is 14.8 Å². The largest absolute Gasteiger partial charge is 0.497 e.